The van der Waals surface area contributed by atoms with Crippen molar-refractivity contribution < 1.29 is 5.11 Å². The molecule has 0 radical (unpaired) electrons. The molecule has 11 heavy (non-hydrogen) atoms. The first-order chi connectivity index (χ1) is 5.25. The number of hydrogen-bond acceptors (Lipinski definition) is 2. The van der Waals surface area contributed by atoms with Crippen LogP contribution in [0.1, 0.15) is 6.92 Å². The van der Waals surface area contributed by atoms with Crippen LogP contribution in [0.5, 0.6) is 5.75 Å². The van der Waals surface area contributed by atoms with E-state index in [-0.39, 0.29) is 0 Å². The van der Waals surface area contributed by atoms with Crippen molar-refractivity contribution in [1.82, 2.24) is 0 Å². The molecule has 1 nitrogen and oxygen atoms in total. The molecule has 60 valence electrons. The molecule has 1 aromatic rings. The molecule has 1 rings (SSSR count). The molecule has 1 aromatic carbocycles. The minimum absolute atomic E-state index is 0.347. The first kappa shape index (κ1) is 8.94. The number of rotatable bonds is 2. The average Bonchev–Trinajstić information content (AvgIpc) is 1.99. The molecule has 0 amide bonds. The maximum atomic E-state index is 9.46. The van der Waals surface area contributed by atoms with Crippen molar-refractivity contribution in [3.05, 3.63) is 22.7 Å². The largest absolute Gasteiger partial charge is 0.506 e. The van der Waals surface area contributed by atoms with E-state index in [1.165, 1.54) is 0 Å². The number of aromatic hydroxyl groups is 1. The monoisotopic (exact) mass is 232 g/mol. The first-order valence-corrected chi connectivity index (χ1v) is 5.14. The highest BCUT2D eigenvalue weighted by molar-refractivity contribution is 9.10. The van der Waals surface area contributed by atoms with Crippen LogP contribution in [0.15, 0.2) is 27.6 Å². The third kappa shape index (κ3) is 2.14. The second kappa shape index (κ2) is 4.02. The topological polar surface area (TPSA) is 20.2 Å². The molecular weight excluding hydrogens is 224 g/mol. The molecule has 0 saturated heterocycles. The lowest BCUT2D eigenvalue weighted by molar-refractivity contribution is 0.459. The minimum Gasteiger partial charge on any atom is -0.506 e. The zero-order valence-corrected chi connectivity index (χ0v) is 8.58. The molecule has 0 fully saturated rings. The van der Waals surface area contributed by atoms with Crippen molar-refractivity contribution in [2.45, 2.75) is 11.8 Å². The predicted molar refractivity (Wildman–Crippen MR) is 52.2 cm³/mol. The Kier molecular flexibility index (Phi) is 3.27. The van der Waals surface area contributed by atoms with Gasteiger partial charge in [0.25, 0.3) is 0 Å². The standard InChI is InChI=1S/C8H9BrOS/c1-2-11-7-5-3-4-6(9)8(7)10/h3-5,10H,2H2,1H3. The van der Waals surface area contributed by atoms with Crippen LogP contribution < -0.4 is 0 Å². The van der Waals surface area contributed by atoms with Crippen LogP contribution in [-0.4, -0.2) is 10.9 Å². The lowest BCUT2D eigenvalue weighted by Gasteiger charge is -2.02. The van der Waals surface area contributed by atoms with E-state index in [1.807, 2.05) is 18.2 Å². The molecule has 0 aliphatic carbocycles. The molecule has 0 spiro atoms. The Morgan fingerprint density at radius 1 is 1.55 bits per heavy atom. The first-order valence-electron chi connectivity index (χ1n) is 3.36. The second-order valence-electron chi connectivity index (χ2n) is 2.02. The number of para-hydroxylation sites is 1. The predicted octanol–water partition coefficient (Wildman–Crippen LogP) is 3.27. The minimum atomic E-state index is 0.347. The maximum absolute atomic E-state index is 9.46. The molecule has 0 aliphatic heterocycles. The highest BCUT2D eigenvalue weighted by Gasteiger charge is 2.02. The van der Waals surface area contributed by atoms with Gasteiger partial charge < -0.3 is 5.11 Å². The zero-order chi connectivity index (χ0) is 8.27. The van der Waals surface area contributed by atoms with E-state index in [0.29, 0.717) is 5.75 Å². The number of halogens is 1. The smallest absolute Gasteiger partial charge is 0.143 e. The Labute approximate surface area is 78.9 Å². The van der Waals surface area contributed by atoms with Gasteiger partial charge in [-0.25, -0.2) is 0 Å². The average molecular weight is 233 g/mol. The fraction of sp³-hybridized carbons (Fsp3) is 0.250. The van der Waals surface area contributed by atoms with Crippen LogP contribution in [0.4, 0.5) is 0 Å². The van der Waals surface area contributed by atoms with Gasteiger partial charge in [0.15, 0.2) is 0 Å². The Balaban J connectivity index is 2.96. The third-order valence-corrected chi connectivity index (χ3v) is 2.82. The van der Waals surface area contributed by atoms with Crippen molar-refractivity contribution in [3.63, 3.8) is 0 Å². The van der Waals surface area contributed by atoms with Crippen molar-refractivity contribution in [1.29, 1.82) is 0 Å². The van der Waals surface area contributed by atoms with Crippen LogP contribution in [0.25, 0.3) is 0 Å². The van der Waals surface area contributed by atoms with Gasteiger partial charge >= 0.3 is 0 Å². The lowest BCUT2D eigenvalue weighted by atomic mass is 10.3. The van der Waals surface area contributed by atoms with Crippen LogP contribution in [0, 0.1) is 0 Å². The van der Waals surface area contributed by atoms with E-state index >= 15 is 0 Å². The van der Waals surface area contributed by atoms with Crippen LogP contribution in [-0.2, 0) is 0 Å². The highest BCUT2D eigenvalue weighted by atomic mass is 79.9. The van der Waals surface area contributed by atoms with Crippen LogP contribution in [0.2, 0.25) is 0 Å². The molecule has 0 bridgehead atoms. The highest BCUT2D eigenvalue weighted by Crippen LogP contribution is 2.34. The number of phenols is 1. The van der Waals surface area contributed by atoms with E-state index < -0.39 is 0 Å². The summed E-state index contributed by atoms with van der Waals surface area (Å²) in [6, 6.07) is 5.66. The van der Waals surface area contributed by atoms with E-state index in [1.54, 1.807) is 11.8 Å². The summed E-state index contributed by atoms with van der Waals surface area (Å²) >= 11 is 4.89. The molecule has 0 aliphatic rings. The van der Waals surface area contributed by atoms with Gasteiger partial charge in [-0.2, -0.15) is 0 Å². The SMILES string of the molecule is CCSc1cccc(Br)c1O. The summed E-state index contributed by atoms with van der Waals surface area (Å²) in [5.41, 5.74) is 0. The van der Waals surface area contributed by atoms with Gasteiger partial charge in [0.2, 0.25) is 0 Å². The molecule has 0 unspecified atom stereocenters. The molecule has 0 aromatic heterocycles. The summed E-state index contributed by atoms with van der Waals surface area (Å²) in [6.07, 6.45) is 0. The zero-order valence-electron chi connectivity index (χ0n) is 6.17. The molecule has 0 heterocycles. The molecule has 0 saturated carbocycles. The van der Waals surface area contributed by atoms with Gasteiger partial charge in [0.1, 0.15) is 5.75 Å². The van der Waals surface area contributed by atoms with Crippen molar-refractivity contribution in [3.8, 4) is 5.75 Å². The van der Waals surface area contributed by atoms with Crippen molar-refractivity contribution in [2.75, 3.05) is 5.75 Å². The number of phenolic OH excluding ortho intramolecular Hbond substituents is 1. The van der Waals surface area contributed by atoms with Gasteiger partial charge in [0, 0.05) is 0 Å². The van der Waals surface area contributed by atoms with Crippen LogP contribution >= 0.6 is 27.7 Å². The van der Waals surface area contributed by atoms with Gasteiger partial charge in [0.05, 0.1) is 9.37 Å². The van der Waals surface area contributed by atoms with E-state index in [4.69, 9.17) is 0 Å². The molecule has 1 N–H and O–H groups in total. The Bertz CT molecular complexity index is 250. The summed E-state index contributed by atoms with van der Waals surface area (Å²) in [4.78, 5) is 0.932. The Morgan fingerprint density at radius 2 is 2.27 bits per heavy atom. The van der Waals surface area contributed by atoms with Gasteiger partial charge in [-0.3, -0.25) is 0 Å². The van der Waals surface area contributed by atoms with Crippen LogP contribution in [0.3, 0.4) is 0 Å². The van der Waals surface area contributed by atoms with Gasteiger partial charge in [-0.1, -0.05) is 13.0 Å². The molecule has 3 heteroatoms. The van der Waals surface area contributed by atoms with E-state index in [2.05, 4.69) is 22.9 Å². The fourth-order valence-corrected chi connectivity index (χ4v) is 2.00. The maximum Gasteiger partial charge on any atom is 0.143 e. The summed E-state index contributed by atoms with van der Waals surface area (Å²) in [5.74, 6) is 1.32. The van der Waals surface area contributed by atoms with Crippen molar-refractivity contribution in [2.24, 2.45) is 0 Å². The summed E-state index contributed by atoms with van der Waals surface area (Å²) in [7, 11) is 0. The van der Waals surface area contributed by atoms with Gasteiger partial charge in [-0.05, 0) is 33.8 Å². The third-order valence-electron chi connectivity index (χ3n) is 1.25. The number of thioether (sulfide) groups is 1. The second-order valence-corrected chi connectivity index (χ2v) is 4.18. The molecular formula is C8H9BrOS. The summed E-state index contributed by atoms with van der Waals surface area (Å²) in [5, 5.41) is 9.46. The fourth-order valence-electron chi connectivity index (χ4n) is 0.768. The quantitative estimate of drug-likeness (QED) is 0.791. The Morgan fingerprint density at radius 3 is 2.91 bits per heavy atom. The van der Waals surface area contributed by atoms with Gasteiger partial charge in [-0.15, -0.1) is 11.8 Å². The number of benzene rings is 1. The Hall–Kier alpha value is -0.150. The lowest BCUT2D eigenvalue weighted by Crippen LogP contribution is -1.75. The van der Waals surface area contributed by atoms with E-state index in [0.717, 1.165) is 15.1 Å². The summed E-state index contributed by atoms with van der Waals surface area (Å²) < 4.78 is 0.760. The summed E-state index contributed by atoms with van der Waals surface area (Å²) in [6.45, 7) is 2.06. The normalized spacial score (nSPS) is 10.0. The number of hydrogen-bond donors (Lipinski definition) is 1. The van der Waals surface area contributed by atoms with E-state index in [9.17, 15) is 5.11 Å². The van der Waals surface area contributed by atoms with Crippen molar-refractivity contribution >= 4 is 27.7 Å². The molecule has 0 atom stereocenters.